The smallest absolute Gasteiger partial charge is 0.335 e. The maximum absolute atomic E-state index is 12.5. The van der Waals surface area contributed by atoms with Crippen LogP contribution in [0.3, 0.4) is 0 Å². The van der Waals surface area contributed by atoms with Gasteiger partial charge in [-0.3, -0.25) is 4.79 Å². The minimum atomic E-state index is -0.936. The summed E-state index contributed by atoms with van der Waals surface area (Å²) in [6.45, 7) is 0.618. The Labute approximate surface area is 123 Å². The summed E-state index contributed by atoms with van der Waals surface area (Å²) in [6.07, 6.45) is 5.12. The first kappa shape index (κ1) is 14.1. The number of carbonyl (C=O) groups excluding carboxylic acids is 1. The minimum absolute atomic E-state index is 0.0567. The fourth-order valence-electron chi connectivity index (χ4n) is 3.45. The molecule has 3 rings (SSSR count). The zero-order valence-electron chi connectivity index (χ0n) is 12.0. The van der Waals surface area contributed by atoms with Gasteiger partial charge in [-0.2, -0.15) is 0 Å². The average molecular weight is 288 g/mol. The van der Waals surface area contributed by atoms with Crippen molar-refractivity contribution in [1.82, 2.24) is 0 Å². The van der Waals surface area contributed by atoms with Crippen molar-refractivity contribution in [3.8, 4) is 0 Å². The van der Waals surface area contributed by atoms with Gasteiger partial charge in [-0.1, -0.05) is 12.8 Å². The van der Waals surface area contributed by atoms with Gasteiger partial charge in [0.15, 0.2) is 0 Å². The number of aromatic carboxylic acids is 1. The van der Waals surface area contributed by atoms with Crippen molar-refractivity contribution in [1.29, 1.82) is 0 Å². The molecule has 112 valence electrons. The Morgan fingerprint density at radius 1 is 1.29 bits per heavy atom. The highest BCUT2D eigenvalue weighted by atomic mass is 16.4. The Morgan fingerprint density at radius 3 is 2.67 bits per heavy atom. The van der Waals surface area contributed by atoms with Gasteiger partial charge in [0, 0.05) is 24.2 Å². The van der Waals surface area contributed by atoms with Crippen molar-refractivity contribution in [3.05, 3.63) is 29.3 Å². The molecule has 1 aliphatic carbocycles. The Bertz CT molecular complexity index is 591. The fourth-order valence-corrected chi connectivity index (χ4v) is 3.45. The number of carbonyl (C=O) groups is 2. The molecule has 0 unspecified atom stereocenters. The monoisotopic (exact) mass is 288 g/mol. The van der Waals surface area contributed by atoms with Crippen LogP contribution in [0.15, 0.2) is 18.2 Å². The van der Waals surface area contributed by atoms with Crippen LogP contribution in [0.1, 0.15) is 48.0 Å². The number of amides is 1. The number of hydrogen-bond donors (Lipinski definition) is 2. The van der Waals surface area contributed by atoms with E-state index in [2.05, 4.69) is 0 Å². The molecule has 1 heterocycles. The summed E-state index contributed by atoms with van der Waals surface area (Å²) < 4.78 is 0. The average Bonchev–Trinajstić information content (AvgIpc) is 3.04. The molecule has 0 atom stereocenters. The number of benzene rings is 1. The van der Waals surface area contributed by atoms with E-state index in [1.807, 2.05) is 0 Å². The Kier molecular flexibility index (Phi) is 3.45. The van der Waals surface area contributed by atoms with E-state index in [1.165, 1.54) is 0 Å². The second-order valence-electron chi connectivity index (χ2n) is 6.19. The molecule has 1 aromatic carbocycles. The summed E-state index contributed by atoms with van der Waals surface area (Å²) in [6, 6.07) is 4.96. The fraction of sp³-hybridized carbons (Fsp3) is 0.500. The van der Waals surface area contributed by atoms with Gasteiger partial charge >= 0.3 is 5.97 Å². The van der Waals surface area contributed by atoms with Gasteiger partial charge in [-0.15, -0.1) is 0 Å². The molecule has 0 bridgehead atoms. The first-order valence-corrected chi connectivity index (χ1v) is 7.44. The van der Waals surface area contributed by atoms with Crippen molar-refractivity contribution in [2.24, 2.45) is 5.73 Å². The van der Waals surface area contributed by atoms with Crippen molar-refractivity contribution < 1.29 is 14.7 Å². The molecule has 0 saturated heterocycles. The molecule has 5 nitrogen and oxygen atoms in total. The number of nitrogens with zero attached hydrogens (tertiary/aromatic N) is 1. The molecule has 2 aliphatic rings. The molecule has 1 fully saturated rings. The number of hydrogen-bond acceptors (Lipinski definition) is 3. The molecule has 21 heavy (non-hydrogen) atoms. The van der Waals surface area contributed by atoms with Crippen LogP contribution in [0.4, 0.5) is 5.69 Å². The molecule has 3 N–H and O–H groups in total. The quantitative estimate of drug-likeness (QED) is 0.890. The van der Waals surface area contributed by atoms with Crippen LogP contribution in [0.5, 0.6) is 0 Å². The first-order chi connectivity index (χ1) is 9.98. The number of fused-ring (bicyclic) bond motifs is 1. The van der Waals surface area contributed by atoms with Gasteiger partial charge in [0.05, 0.1) is 5.56 Å². The van der Waals surface area contributed by atoms with Gasteiger partial charge in [0.25, 0.3) is 0 Å². The van der Waals surface area contributed by atoms with Crippen molar-refractivity contribution >= 4 is 17.6 Å². The SMILES string of the molecule is NC1(CC(=O)N2CCc3cc(C(=O)O)ccc32)CCCC1. The molecule has 5 heteroatoms. The number of carboxylic acid groups (broad SMARTS) is 1. The molecule has 1 saturated carbocycles. The van der Waals surface area contributed by atoms with Crippen LogP contribution in [0.2, 0.25) is 0 Å². The molecule has 1 aromatic rings. The van der Waals surface area contributed by atoms with Gasteiger partial charge < -0.3 is 15.7 Å². The molecule has 0 radical (unpaired) electrons. The van der Waals surface area contributed by atoms with E-state index in [1.54, 1.807) is 23.1 Å². The largest absolute Gasteiger partial charge is 0.478 e. The standard InChI is InChI=1S/C16H20N2O3/c17-16(6-1-2-7-16)10-14(19)18-8-5-11-9-12(15(20)21)3-4-13(11)18/h3-4,9H,1-2,5-8,10,17H2,(H,20,21). The van der Waals surface area contributed by atoms with Crippen LogP contribution < -0.4 is 10.6 Å². The third-order valence-corrected chi connectivity index (χ3v) is 4.63. The number of rotatable bonds is 3. The molecule has 1 aliphatic heterocycles. The zero-order valence-corrected chi connectivity index (χ0v) is 12.0. The van der Waals surface area contributed by atoms with Gasteiger partial charge in [0.2, 0.25) is 5.91 Å². The van der Waals surface area contributed by atoms with Crippen LogP contribution in [0, 0.1) is 0 Å². The third-order valence-electron chi connectivity index (χ3n) is 4.63. The number of nitrogens with two attached hydrogens (primary N) is 1. The second-order valence-corrected chi connectivity index (χ2v) is 6.19. The van der Waals surface area contributed by atoms with E-state index < -0.39 is 5.97 Å². The van der Waals surface area contributed by atoms with Crippen LogP contribution in [0.25, 0.3) is 0 Å². The van der Waals surface area contributed by atoms with Crippen molar-refractivity contribution in [2.75, 3.05) is 11.4 Å². The van der Waals surface area contributed by atoms with Gasteiger partial charge in [-0.05, 0) is 43.0 Å². The summed E-state index contributed by atoms with van der Waals surface area (Å²) in [5.41, 5.74) is 7.98. The Balaban J connectivity index is 1.77. The maximum Gasteiger partial charge on any atom is 0.335 e. The summed E-state index contributed by atoms with van der Waals surface area (Å²) in [7, 11) is 0. The highest BCUT2D eigenvalue weighted by Gasteiger charge is 2.35. The summed E-state index contributed by atoms with van der Waals surface area (Å²) >= 11 is 0. The van der Waals surface area contributed by atoms with Crippen molar-refractivity contribution in [2.45, 2.75) is 44.1 Å². The maximum atomic E-state index is 12.5. The topological polar surface area (TPSA) is 83.6 Å². The molecular formula is C16H20N2O3. The Morgan fingerprint density at radius 2 is 2.00 bits per heavy atom. The predicted molar refractivity (Wildman–Crippen MR) is 79.5 cm³/mol. The lowest BCUT2D eigenvalue weighted by Gasteiger charge is -2.26. The highest BCUT2D eigenvalue weighted by Crippen LogP contribution is 2.34. The lowest BCUT2D eigenvalue weighted by molar-refractivity contribution is -0.119. The van der Waals surface area contributed by atoms with Crippen LogP contribution >= 0.6 is 0 Å². The van der Waals surface area contributed by atoms with Crippen molar-refractivity contribution in [3.63, 3.8) is 0 Å². The van der Waals surface area contributed by atoms with E-state index in [9.17, 15) is 9.59 Å². The molecule has 1 amide bonds. The molecule has 0 aromatic heterocycles. The number of carboxylic acids is 1. The lowest BCUT2D eigenvalue weighted by Crippen LogP contribution is -2.43. The third kappa shape index (κ3) is 2.65. The summed E-state index contributed by atoms with van der Waals surface area (Å²) in [4.78, 5) is 25.3. The lowest BCUT2D eigenvalue weighted by atomic mass is 9.94. The summed E-state index contributed by atoms with van der Waals surface area (Å²) in [5, 5.41) is 9.02. The minimum Gasteiger partial charge on any atom is -0.478 e. The number of anilines is 1. The predicted octanol–water partition coefficient (Wildman–Crippen LogP) is 1.94. The van der Waals surface area contributed by atoms with Crippen LogP contribution in [-0.4, -0.2) is 29.1 Å². The van der Waals surface area contributed by atoms with Crippen LogP contribution in [-0.2, 0) is 11.2 Å². The van der Waals surface area contributed by atoms with E-state index in [4.69, 9.17) is 10.8 Å². The second kappa shape index (κ2) is 5.15. The Hall–Kier alpha value is -1.88. The zero-order chi connectivity index (χ0) is 15.0. The molecular weight excluding hydrogens is 268 g/mol. The van der Waals surface area contributed by atoms with E-state index >= 15 is 0 Å². The van der Waals surface area contributed by atoms with Gasteiger partial charge in [0.1, 0.15) is 0 Å². The highest BCUT2D eigenvalue weighted by molar-refractivity contribution is 5.97. The van der Waals surface area contributed by atoms with Gasteiger partial charge in [-0.25, -0.2) is 4.79 Å². The van der Waals surface area contributed by atoms with E-state index in [0.717, 1.165) is 36.9 Å². The first-order valence-electron chi connectivity index (χ1n) is 7.44. The van der Waals surface area contributed by atoms with E-state index in [-0.39, 0.29) is 17.0 Å². The van der Waals surface area contributed by atoms with E-state index in [0.29, 0.717) is 19.4 Å². The molecule has 0 spiro atoms. The normalized spacial score (nSPS) is 19.6. The summed E-state index contributed by atoms with van der Waals surface area (Å²) in [5.74, 6) is -0.879.